The van der Waals surface area contributed by atoms with Crippen LogP contribution in [0.5, 0.6) is 0 Å². The maximum atomic E-state index is 11.0. The molecular weight excluding hydrogens is 190 g/mol. The van der Waals surface area contributed by atoms with E-state index in [-0.39, 0.29) is 5.97 Å². The predicted molar refractivity (Wildman–Crippen MR) is 62.9 cm³/mol. The zero-order chi connectivity index (χ0) is 11.5. The van der Waals surface area contributed by atoms with Crippen molar-refractivity contribution in [3.05, 3.63) is 0 Å². The van der Waals surface area contributed by atoms with Gasteiger partial charge < -0.3 is 9.64 Å². The minimum absolute atomic E-state index is 0.109. The van der Waals surface area contributed by atoms with E-state index in [1.54, 1.807) is 0 Å². The Morgan fingerprint density at radius 3 is 2.40 bits per heavy atom. The van der Waals surface area contributed by atoms with Crippen molar-refractivity contribution >= 4 is 5.97 Å². The van der Waals surface area contributed by atoms with Crippen LogP contribution in [-0.4, -0.2) is 37.6 Å². The van der Waals surface area contributed by atoms with Crippen LogP contribution in [0.1, 0.15) is 46.0 Å². The van der Waals surface area contributed by atoms with E-state index in [4.69, 9.17) is 0 Å². The molecule has 0 radical (unpaired) electrons. The van der Waals surface area contributed by atoms with Gasteiger partial charge in [0.2, 0.25) is 0 Å². The van der Waals surface area contributed by atoms with Crippen LogP contribution in [0.4, 0.5) is 0 Å². The number of carbonyl (C=O) groups is 1. The Balaban J connectivity index is 3.50. The fourth-order valence-corrected chi connectivity index (χ4v) is 1.54. The number of carbonyl (C=O) groups excluding carboxylic acids is 1. The van der Waals surface area contributed by atoms with Gasteiger partial charge in [0.15, 0.2) is 0 Å². The maximum Gasteiger partial charge on any atom is 0.306 e. The molecule has 0 fully saturated rings. The van der Waals surface area contributed by atoms with Gasteiger partial charge in [-0.1, -0.05) is 33.1 Å². The molecule has 0 aromatic heterocycles. The molecule has 90 valence electrons. The lowest BCUT2D eigenvalue weighted by atomic mass is 10.2. The number of ether oxygens (including phenoxy) is 1. The molecule has 15 heavy (non-hydrogen) atoms. The number of methoxy groups -OCH3 is 1. The third-order valence-electron chi connectivity index (χ3n) is 2.63. The number of nitrogens with zero attached hydrogens (tertiary/aromatic N) is 1. The molecule has 0 aromatic carbocycles. The van der Waals surface area contributed by atoms with Gasteiger partial charge in [-0.05, 0) is 19.5 Å². The second kappa shape index (κ2) is 9.97. The number of unbranched alkanes of at least 4 members (excludes halogenated alkanes) is 3. The van der Waals surface area contributed by atoms with Gasteiger partial charge in [0.05, 0.1) is 13.5 Å². The summed E-state index contributed by atoms with van der Waals surface area (Å²) in [5, 5.41) is 0. The minimum Gasteiger partial charge on any atom is -0.469 e. The predicted octanol–water partition coefficient (Wildman–Crippen LogP) is 2.45. The summed E-state index contributed by atoms with van der Waals surface area (Å²) in [6.07, 6.45) is 5.63. The second-order valence-electron chi connectivity index (χ2n) is 3.82. The molecule has 0 rings (SSSR count). The molecular formula is C12H25NO2. The van der Waals surface area contributed by atoms with E-state index in [1.807, 2.05) is 0 Å². The number of esters is 1. The Kier molecular flexibility index (Phi) is 9.59. The Hall–Kier alpha value is -0.570. The summed E-state index contributed by atoms with van der Waals surface area (Å²) in [4.78, 5) is 13.3. The van der Waals surface area contributed by atoms with Crippen LogP contribution >= 0.6 is 0 Å². The highest BCUT2D eigenvalue weighted by atomic mass is 16.5. The van der Waals surface area contributed by atoms with Gasteiger partial charge in [-0.3, -0.25) is 4.79 Å². The second-order valence-corrected chi connectivity index (χ2v) is 3.82. The molecule has 3 nitrogen and oxygen atoms in total. The van der Waals surface area contributed by atoms with Crippen molar-refractivity contribution in [2.24, 2.45) is 0 Å². The third kappa shape index (κ3) is 8.43. The zero-order valence-corrected chi connectivity index (χ0v) is 10.4. The number of hydrogen-bond donors (Lipinski definition) is 0. The van der Waals surface area contributed by atoms with Gasteiger partial charge >= 0.3 is 5.97 Å². The van der Waals surface area contributed by atoms with E-state index < -0.39 is 0 Å². The van der Waals surface area contributed by atoms with Crippen molar-refractivity contribution in [1.82, 2.24) is 4.90 Å². The average Bonchev–Trinajstić information content (AvgIpc) is 2.27. The first-order chi connectivity index (χ1) is 7.24. The molecule has 0 saturated carbocycles. The standard InChI is InChI=1S/C12H25NO2/c1-4-6-7-8-10-13(5-2)11-9-12(14)15-3/h4-11H2,1-3H3. The highest BCUT2D eigenvalue weighted by molar-refractivity contribution is 5.69. The Morgan fingerprint density at radius 1 is 1.13 bits per heavy atom. The largest absolute Gasteiger partial charge is 0.469 e. The topological polar surface area (TPSA) is 29.5 Å². The third-order valence-corrected chi connectivity index (χ3v) is 2.63. The van der Waals surface area contributed by atoms with Gasteiger partial charge in [0, 0.05) is 6.54 Å². The molecule has 3 heteroatoms. The van der Waals surface area contributed by atoms with Crippen molar-refractivity contribution in [2.75, 3.05) is 26.7 Å². The van der Waals surface area contributed by atoms with Gasteiger partial charge in [-0.25, -0.2) is 0 Å². The molecule has 0 atom stereocenters. The molecule has 0 saturated heterocycles. The fraction of sp³-hybridized carbons (Fsp3) is 0.917. The first-order valence-corrected chi connectivity index (χ1v) is 6.03. The summed E-state index contributed by atoms with van der Waals surface area (Å²) in [6, 6.07) is 0. The Bertz CT molecular complexity index is 160. The molecule has 0 bridgehead atoms. The summed E-state index contributed by atoms with van der Waals surface area (Å²) in [5.74, 6) is -0.109. The summed E-state index contributed by atoms with van der Waals surface area (Å²) in [6.45, 7) is 7.30. The summed E-state index contributed by atoms with van der Waals surface area (Å²) in [7, 11) is 1.44. The zero-order valence-electron chi connectivity index (χ0n) is 10.4. The van der Waals surface area contributed by atoms with E-state index in [0.717, 1.165) is 19.6 Å². The van der Waals surface area contributed by atoms with Crippen LogP contribution < -0.4 is 0 Å². The highest BCUT2D eigenvalue weighted by Gasteiger charge is 2.05. The van der Waals surface area contributed by atoms with Crippen molar-refractivity contribution in [3.8, 4) is 0 Å². The molecule has 0 aromatic rings. The van der Waals surface area contributed by atoms with Crippen LogP contribution in [0.25, 0.3) is 0 Å². The summed E-state index contributed by atoms with van der Waals surface area (Å²) in [5.41, 5.74) is 0. The molecule has 0 heterocycles. The molecule has 0 unspecified atom stereocenters. The van der Waals surface area contributed by atoms with E-state index in [1.165, 1.54) is 32.8 Å². The van der Waals surface area contributed by atoms with Crippen LogP contribution in [0, 0.1) is 0 Å². The van der Waals surface area contributed by atoms with Gasteiger partial charge in [-0.2, -0.15) is 0 Å². The smallest absolute Gasteiger partial charge is 0.306 e. The Morgan fingerprint density at radius 2 is 1.87 bits per heavy atom. The van der Waals surface area contributed by atoms with E-state index in [0.29, 0.717) is 6.42 Å². The average molecular weight is 215 g/mol. The molecule has 0 aliphatic carbocycles. The molecule has 0 aliphatic heterocycles. The number of rotatable bonds is 9. The first kappa shape index (κ1) is 14.4. The first-order valence-electron chi connectivity index (χ1n) is 6.03. The monoisotopic (exact) mass is 215 g/mol. The van der Waals surface area contributed by atoms with Crippen LogP contribution in [0.2, 0.25) is 0 Å². The van der Waals surface area contributed by atoms with Crippen molar-refractivity contribution in [3.63, 3.8) is 0 Å². The lowest BCUT2D eigenvalue weighted by Crippen LogP contribution is -2.27. The molecule has 0 aliphatic rings. The summed E-state index contributed by atoms with van der Waals surface area (Å²) >= 11 is 0. The normalized spacial score (nSPS) is 10.7. The fourth-order valence-electron chi connectivity index (χ4n) is 1.54. The lowest BCUT2D eigenvalue weighted by Gasteiger charge is -2.19. The number of hydrogen-bond acceptors (Lipinski definition) is 3. The van der Waals surface area contributed by atoms with Gasteiger partial charge in [-0.15, -0.1) is 0 Å². The maximum absolute atomic E-state index is 11.0. The minimum atomic E-state index is -0.109. The quantitative estimate of drug-likeness (QED) is 0.437. The van der Waals surface area contributed by atoms with Crippen LogP contribution in [-0.2, 0) is 9.53 Å². The Labute approximate surface area is 93.8 Å². The van der Waals surface area contributed by atoms with Crippen LogP contribution in [0.3, 0.4) is 0 Å². The van der Waals surface area contributed by atoms with Gasteiger partial charge in [0.25, 0.3) is 0 Å². The van der Waals surface area contributed by atoms with Crippen molar-refractivity contribution < 1.29 is 9.53 Å². The van der Waals surface area contributed by atoms with Crippen molar-refractivity contribution in [2.45, 2.75) is 46.0 Å². The highest BCUT2D eigenvalue weighted by Crippen LogP contribution is 2.02. The van der Waals surface area contributed by atoms with Gasteiger partial charge in [0.1, 0.15) is 0 Å². The SMILES string of the molecule is CCCCCCN(CC)CCC(=O)OC. The van der Waals surface area contributed by atoms with Crippen LogP contribution in [0.15, 0.2) is 0 Å². The van der Waals surface area contributed by atoms with Crippen molar-refractivity contribution in [1.29, 1.82) is 0 Å². The van der Waals surface area contributed by atoms with E-state index >= 15 is 0 Å². The van der Waals surface area contributed by atoms with E-state index in [9.17, 15) is 4.79 Å². The lowest BCUT2D eigenvalue weighted by molar-refractivity contribution is -0.140. The molecule has 0 N–H and O–H groups in total. The molecule has 0 spiro atoms. The van der Waals surface area contributed by atoms with E-state index in [2.05, 4.69) is 23.5 Å². The molecule has 0 amide bonds. The summed E-state index contributed by atoms with van der Waals surface area (Å²) < 4.78 is 4.62.